The molecule has 160 valence electrons. The van der Waals surface area contributed by atoms with E-state index >= 15 is 0 Å². The van der Waals surface area contributed by atoms with Crippen LogP contribution in [0.2, 0.25) is 0 Å². The molecular weight excluding hydrogens is 380 g/mol. The lowest BCUT2D eigenvalue weighted by atomic mass is 10.1. The fourth-order valence-corrected chi connectivity index (χ4v) is 3.37. The lowest BCUT2D eigenvalue weighted by Gasteiger charge is -2.30. The highest BCUT2D eigenvalue weighted by Crippen LogP contribution is 2.29. The Morgan fingerprint density at radius 2 is 1.97 bits per heavy atom. The van der Waals surface area contributed by atoms with E-state index in [1.807, 2.05) is 30.3 Å². The summed E-state index contributed by atoms with van der Waals surface area (Å²) < 4.78 is 16.5. The van der Waals surface area contributed by atoms with Gasteiger partial charge in [-0.05, 0) is 60.9 Å². The Morgan fingerprint density at radius 3 is 2.67 bits per heavy atom. The van der Waals surface area contributed by atoms with Gasteiger partial charge in [0.15, 0.2) is 11.5 Å². The molecule has 1 aliphatic rings. The van der Waals surface area contributed by atoms with Gasteiger partial charge in [0.25, 0.3) is 0 Å². The number of nitrogens with one attached hydrogen (secondary N) is 1. The van der Waals surface area contributed by atoms with E-state index in [0.717, 1.165) is 49.5 Å². The Kier molecular flexibility index (Phi) is 7.74. The van der Waals surface area contributed by atoms with Gasteiger partial charge in [0.1, 0.15) is 0 Å². The first kappa shape index (κ1) is 21.7. The second-order valence-corrected chi connectivity index (χ2v) is 7.18. The fourth-order valence-electron chi connectivity index (χ4n) is 3.37. The number of benzene rings is 2. The third-order valence-electron chi connectivity index (χ3n) is 4.89. The summed E-state index contributed by atoms with van der Waals surface area (Å²) >= 11 is 0. The molecule has 0 aromatic heterocycles. The van der Waals surface area contributed by atoms with E-state index in [2.05, 4.69) is 30.1 Å². The summed E-state index contributed by atoms with van der Waals surface area (Å²) in [5.41, 5.74) is 3.96. The number of carbonyl (C=O) groups excluding carboxylic acids is 1. The first-order valence-corrected chi connectivity index (χ1v) is 10.3. The van der Waals surface area contributed by atoms with Crippen LogP contribution in [0.4, 0.5) is 11.4 Å². The van der Waals surface area contributed by atoms with Crippen molar-refractivity contribution in [1.29, 1.82) is 0 Å². The molecule has 3 rings (SSSR count). The number of carbonyl (C=O) groups is 1. The molecule has 1 amide bonds. The van der Waals surface area contributed by atoms with Gasteiger partial charge in [-0.25, -0.2) is 0 Å². The number of rotatable bonds is 8. The number of ether oxygens (including phenoxy) is 3. The number of hydrogen-bond acceptors (Lipinski definition) is 5. The maximum absolute atomic E-state index is 12.4. The highest BCUT2D eigenvalue weighted by molar-refractivity contribution is 6.02. The lowest BCUT2D eigenvalue weighted by molar-refractivity contribution is -0.111. The molecule has 0 radical (unpaired) electrons. The summed E-state index contributed by atoms with van der Waals surface area (Å²) in [4.78, 5) is 14.7. The summed E-state index contributed by atoms with van der Waals surface area (Å²) in [7, 11) is 1.61. The molecule has 0 aliphatic carbocycles. The summed E-state index contributed by atoms with van der Waals surface area (Å²) in [6.45, 7) is 8.03. The first-order chi connectivity index (χ1) is 14.6. The average Bonchev–Trinajstić information content (AvgIpc) is 2.77. The van der Waals surface area contributed by atoms with E-state index in [4.69, 9.17) is 14.2 Å². The Bertz CT molecular complexity index is 889. The maximum Gasteiger partial charge on any atom is 0.248 e. The Hall–Kier alpha value is -2.99. The Labute approximate surface area is 178 Å². The van der Waals surface area contributed by atoms with Crippen LogP contribution in [0.25, 0.3) is 6.08 Å². The van der Waals surface area contributed by atoms with Gasteiger partial charge in [-0.15, -0.1) is 0 Å². The molecule has 2 aromatic rings. The second-order valence-electron chi connectivity index (χ2n) is 7.18. The number of anilines is 2. The maximum atomic E-state index is 12.4. The minimum absolute atomic E-state index is 0.182. The van der Waals surface area contributed by atoms with Crippen LogP contribution in [-0.4, -0.2) is 45.9 Å². The minimum atomic E-state index is -0.182. The smallest absolute Gasteiger partial charge is 0.248 e. The van der Waals surface area contributed by atoms with Crippen LogP contribution in [0.1, 0.15) is 24.5 Å². The zero-order valence-electron chi connectivity index (χ0n) is 17.9. The molecule has 1 N–H and O–H groups in total. The van der Waals surface area contributed by atoms with Crippen LogP contribution >= 0.6 is 0 Å². The standard InChI is InChI=1S/C24H30N2O4/c1-4-13-30-22-9-5-19(17-23(22)28-3)6-10-24(27)25-20-7-8-21(18(2)16-20)26-11-14-29-15-12-26/h5-10,16-17H,4,11-15H2,1-3H3,(H,25,27)/b10-6+. The van der Waals surface area contributed by atoms with Gasteiger partial charge >= 0.3 is 0 Å². The molecule has 0 saturated carbocycles. The number of methoxy groups -OCH3 is 1. The molecule has 6 heteroatoms. The van der Waals surface area contributed by atoms with Gasteiger partial charge in [0.05, 0.1) is 26.9 Å². The zero-order valence-corrected chi connectivity index (χ0v) is 17.9. The molecule has 1 aliphatic heterocycles. The van der Waals surface area contributed by atoms with Crippen molar-refractivity contribution in [3.05, 3.63) is 53.6 Å². The molecule has 0 atom stereocenters. The van der Waals surface area contributed by atoms with E-state index in [1.165, 1.54) is 11.8 Å². The van der Waals surface area contributed by atoms with Crippen molar-refractivity contribution in [2.24, 2.45) is 0 Å². The van der Waals surface area contributed by atoms with Gasteiger partial charge in [-0.2, -0.15) is 0 Å². The Morgan fingerprint density at radius 1 is 1.17 bits per heavy atom. The monoisotopic (exact) mass is 410 g/mol. The van der Waals surface area contributed by atoms with Crippen molar-refractivity contribution in [3.8, 4) is 11.5 Å². The fraction of sp³-hybridized carbons (Fsp3) is 0.375. The third kappa shape index (κ3) is 5.76. The van der Waals surface area contributed by atoms with Crippen molar-refractivity contribution in [2.75, 3.05) is 50.2 Å². The number of aryl methyl sites for hydroxylation is 1. The van der Waals surface area contributed by atoms with Gasteiger partial charge in [0, 0.05) is 30.5 Å². The van der Waals surface area contributed by atoms with Crippen LogP contribution in [0, 0.1) is 6.92 Å². The van der Waals surface area contributed by atoms with E-state index < -0.39 is 0 Å². The predicted molar refractivity (Wildman–Crippen MR) is 121 cm³/mol. The largest absolute Gasteiger partial charge is 0.493 e. The highest BCUT2D eigenvalue weighted by Gasteiger charge is 2.13. The highest BCUT2D eigenvalue weighted by atomic mass is 16.5. The van der Waals surface area contributed by atoms with Gasteiger partial charge in [-0.1, -0.05) is 13.0 Å². The molecule has 2 aromatic carbocycles. The van der Waals surface area contributed by atoms with E-state index in [9.17, 15) is 4.79 Å². The number of amides is 1. The lowest BCUT2D eigenvalue weighted by Crippen LogP contribution is -2.36. The first-order valence-electron chi connectivity index (χ1n) is 10.3. The molecule has 30 heavy (non-hydrogen) atoms. The molecule has 1 saturated heterocycles. The van der Waals surface area contributed by atoms with Crippen molar-refractivity contribution in [2.45, 2.75) is 20.3 Å². The average molecular weight is 411 g/mol. The molecule has 0 bridgehead atoms. The minimum Gasteiger partial charge on any atom is -0.493 e. The van der Waals surface area contributed by atoms with Crippen LogP contribution in [0.15, 0.2) is 42.5 Å². The van der Waals surface area contributed by atoms with Crippen LogP contribution in [0.3, 0.4) is 0 Å². The van der Waals surface area contributed by atoms with Crippen molar-refractivity contribution < 1.29 is 19.0 Å². The predicted octanol–water partition coefficient (Wildman–Crippen LogP) is 4.28. The van der Waals surface area contributed by atoms with Gasteiger partial charge < -0.3 is 24.4 Å². The topological polar surface area (TPSA) is 60.0 Å². The number of nitrogens with zero attached hydrogens (tertiary/aromatic N) is 1. The normalized spacial score (nSPS) is 14.0. The molecule has 0 spiro atoms. The van der Waals surface area contributed by atoms with E-state index in [1.54, 1.807) is 13.2 Å². The quantitative estimate of drug-likeness (QED) is 0.658. The molecule has 0 unspecified atom stereocenters. The van der Waals surface area contributed by atoms with Crippen LogP contribution in [0.5, 0.6) is 11.5 Å². The molecule has 6 nitrogen and oxygen atoms in total. The summed E-state index contributed by atoms with van der Waals surface area (Å²) in [5, 5.41) is 2.93. The summed E-state index contributed by atoms with van der Waals surface area (Å²) in [6.07, 6.45) is 4.21. The van der Waals surface area contributed by atoms with E-state index in [0.29, 0.717) is 18.1 Å². The number of morpholine rings is 1. The summed E-state index contributed by atoms with van der Waals surface area (Å²) in [6, 6.07) is 11.6. The third-order valence-corrected chi connectivity index (χ3v) is 4.89. The van der Waals surface area contributed by atoms with Gasteiger partial charge in [-0.3, -0.25) is 4.79 Å². The zero-order chi connectivity index (χ0) is 21.3. The molecule has 1 heterocycles. The summed E-state index contributed by atoms with van der Waals surface area (Å²) in [5.74, 6) is 1.18. The molecule has 1 fully saturated rings. The van der Waals surface area contributed by atoms with Crippen LogP contribution in [-0.2, 0) is 9.53 Å². The van der Waals surface area contributed by atoms with E-state index in [-0.39, 0.29) is 5.91 Å². The Balaban J connectivity index is 1.62. The molecular formula is C24H30N2O4. The van der Waals surface area contributed by atoms with Crippen molar-refractivity contribution in [1.82, 2.24) is 0 Å². The van der Waals surface area contributed by atoms with Crippen molar-refractivity contribution >= 4 is 23.4 Å². The SMILES string of the molecule is CCCOc1ccc(/C=C/C(=O)Nc2ccc(N3CCOCC3)c(C)c2)cc1OC. The second kappa shape index (κ2) is 10.7. The van der Waals surface area contributed by atoms with Gasteiger partial charge in [0.2, 0.25) is 5.91 Å². The van der Waals surface area contributed by atoms with Crippen molar-refractivity contribution in [3.63, 3.8) is 0 Å². The van der Waals surface area contributed by atoms with Crippen LogP contribution < -0.4 is 19.7 Å². The number of hydrogen-bond donors (Lipinski definition) is 1.